The van der Waals surface area contributed by atoms with Crippen LogP contribution in [-0.4, -0.2) is 22.8 Å². The van der Waals surface area contributed by atoms with Crippen LogP contribution >= 0.6 is 11.6 Å². The highest BCUT2D eigenvalue weighted by Gasteiger charge is 2.49. The second-order valence-electron chi connectivity index (χ2n) is 8.03. The van der Waals surface area contributed by atoms with Gasteiger partial charge in [-0.05, 0) is 57.0 Å². The third-order valence-corrected chi connectivity index (χ3v) is 6.18. The summed E-state index contributed by atoms with van der Waals surface area (Å²) in [5.41, 5.74) is 1.92. The molecule has 2 aliphatic rings. The minimum atomic E-state index is -0.956. The minimum Gasteiger partial charge on any atom is -0.487 e. The molecule has 2 aromatic carbocycles. The molecular weight excluding hydrogens is 364 g/mol. The number of ether oxygens (including phenoxy) is 2. The molecule has 0 radical (unpaired) electrons. The molecule has 2 aromatic rings. The quantitative estimate of drug-likeness (QED) is 0.744. The molecule has 2 aliphatic heterocycles. The third-order valence-electron chi connectivity index (χ3n) is 5.93. The molecule has 0 spiro atoms. The van der Waals surface area contributed by atoms with Gasteiger partial charge < -0.3 is 14.6 Å². The minimum absolute atomic E-state index is 0.0355. The van der Waals surface area contributed by atoms with E-state index in [4.69, 9.17) is 21.1 Å². The van der Waals surface area contributed by atoms with Gasteiger partial charge in [-0.3, -0.25) is 0 Å². The number of fused-ring (bicyclic) bond motifs is 3. The van der Waals surface area contributed by atoms with E-state index in [-0.39, 0.29) is 29.6 Å². The third kappa shape index (κ3) is 3.21. The van der Waals surface area contributed by atoms with E-state index in [2.05, 4.69) is 32.9 Å². The van der Waals surface area contributed by atoms with Crippen LogP contribution in [0.2, 0.25) is 5.02 Å². The van der Waals surface area contributed by atoms with Crippen LogP contribution in [0, 0.1) is 5.92 Å². The molecule has 4 rings (SSSR count). The molecule has 4 atom stereocenters. The number of hydrogen-bond acceptors (Lipinski definition) is 3. The lowest BCUT2D eigenvalue weighted by molar-refractivity contribution is -0.153. The fourth-order valence-electron chi connectivity index (χ4n) is 4.42. The first-order chi connectivity index (χ1) is 12.8. The molecule has 1 N–H and O–H groups in total. The van der Waals surface area contributed by atoms with Crippen LogP contribution < -0.4 is 4.74 Å². The largest absolute Gasteiger partial charge is 0.487 e. The van der Waals surface area contributed by atoms with Crippen molar-refractivity contribution in [1.29, 1.82) is 0 Å². The second-order valence-corrected chi connectivity index (χ2v) is 8.46. The van der Waals surface area contributed by atoms with Gasteiger partial charge in [0.2, 0.25) is 0 Å². The molecule has 5 heteroatoms. The van der Waals surface area contributed by atoms with Gasteiger partial charge in [0.05, 0.1) is 17.8 Å². The predicted octanol–water partition coefficient (Wildman–Crippen LogP) is 5.46. The maximum atomic E-state index is 11.3. The molecule has 0 unspecified atom stereocenters. The van der Waals surface area contributed by atoms with Crippen molar-refractivity contribution >= 4 is 17.6 Å². The predicted molar refractivity (Wildman–Crippen MR) is 104 cm³/mol. The molecule has 2 heterocycles. The van der Waals surface area contributed by atoms with Crippen molar-refractivity contribution in [2.75, 3.05) is 0 Å². The van der Waals surface area contributed by atoms with Crippen molar-refractivity contribution in [3.05, 3.63) is 64.2 Å². The van der Waals surface area contributed by atoms with Crippen molar-refractivity contribution in [3.8, 4) is 5.75 Å². The van der Waals surface area contributed by atoms with E-state index in [0.717, 1.165) is 17.0 Å². The summed E-state index contributed by atoms with van der Waals surface area (Å²) in [5, 5.41) is 10.0. The molecule has 0 bridgehead atoms. The van der Waals surface area contributed by atoms with Crippen LogP contribution in [-0.2, 0) is 4.74 Å². The lowest BCUT2D eigenvalue weighted by Gasteiger charge is -2.50. The second kappa shape index (κ2) is 6.54. The van der Waals surface area contributed by atoms with Crippen molar-refractivity contribution in [1.82, 2.24) is 0 Å². The summed E-state index contributed by atoms with van der Waals surface area (Å²) >= 11 is 6.04. The molecule has 0 aromatic heterocycles. The van der Waals surface area contributed by atoms with Crippen LogP contribution in [0.25, 0.3) is 0 Å². The summed E-state index contributed by atoms with van der Waals surface area (Å²) in [6.07, 6.45) is 0.860. The maximum Gasteiger partial charge on any atom is 0.335 e. The maximum absolute atomic E-state index is 11.3. The fraction of sp³-hybridized carbons (Fsp3) is 0.409. The molecule has 4 nitrogen and oxygen atoms in total. The monoisotopic (exact) mass is 386 g/mol. The molecule has 0 saturated carbocycles. The number of hydrogen-bond donors (Lipinski definition) is 1. The smallest absolute Gasteiger partial charge is 0.335 e. The summed E-state index contributed by atoms with van der Waals surface area (Å²) in [6.45, 7) is 6.21. The van der Waals surface area contributed by atoms with Crippen molar-refractivity contribution in [2.24, 2.45) is 5.92 Å². The summed E-state index contributed by atoms with van der Waals surface area (Å²) in [4.78, 5) is 11.3. The van der Waals surface area contributed by atoms with Crippen LogP contribution in [0.4, 0.5) is 0 Å². The topological polar surface area (TPSA) is 55.8 Å². The number of carbonyl (C=O) groups is 1. The van der Waals surface area contributed by atoms with Gasteiger partial charge >= 0.3 is 5.97 Å². The molecular formula is C22H23ClO4. The Kier molecular flexibility index (Phi) is 4.44. The van der Waals surface area contributed by atoms with E-state index in [1.807, 2.05) is 18.2 Å². The Morgan fingerprint density at radius 3 is 2.56 bits per heavy atom. The average molecular weight is 387 g/mol. The standard InChI is InChI=1S/C22H23ClO4/c1-12-17(13-4-7-15(23)8-5-13)11-18-20(26-12)16-9-6-14(21(24)25)10-19(16)27-22(18,2)3/h4-10,12,17-18,20H,11H2,1-3H3,(H,24,25)/t12-,17+,18-,20+/m0/s1. The molecule has 1 saturated heterocycles. The molecule has 142 valence electrons. The summed E-state index contributed by atoms with van der Waals surface area (Å²) < 4.78 is 12.7. The van der Waals surface area contributed by atoms with Gasteiger partial charge in [-0.1, -0.05) is 29.8 Å². The Labute approximate surface area is 164 Å². The summed E-state index contributed by atoms with van der Waals surface area (Å²) in [6, 6.07) is 13.0. The first kappa shape index (κ1) is 18.3. The number of carboxylic acid groups (broad SMARTS) is 1. The van der Waals surface area contributed by atoms with Crippen molar-refractivity contribution in [2.45, 2.75) is 50.9 Å². The summed E-state index contributed by atoms with van der Waals surface area (Å²) in [5.74, 6) is 0.0733. The first-order valence-electron chi connectivity index (χ1n) is 9.23. The highest BCUT2D eigenvalue weighted by atomic mass is 35.5. The van der Waals surface area contributed by atoms with Crippen LogP contribution in [0.1, 0.15) is 60.7 Å². The van der Waals surface area contributed by atoms with Gasteiger partial charge in [0.1, 0.15) is 11.4 Å². The Morgan fingerprint density at radius 1 is 1.19 bits per heavy atom. The van der Waals surface area contributed by atoms with Gasteiger partial charge in [-0.2, -0.15) is 0 Å². The highest BCUT2D eigenvalue weighted by molar-refractivity contribution is 6.30. The lowest BCUT2D eigenvalue weighted by Crippen LogP contribution is -2.50. The zero-order valence-electron chi connectivity index (χ0n) is 15.6. The van der Waals surface area contributed by atoms with Gasteiger partial charge in [-0.25, -0.2) is 4.79 Å². The van der Waals surface area contributed by atoms with Crippen LogP contribution in [0.15, 0.2) is 42.5 Å². The molecule has 0 amide bonds. The van der Waals surface area contributed by atoms with E-state index in [9.17, 15) is 9.90 Å². The molecule has 0 aliphatic carbocycles. The van der Waals surface area contributed by atoms with Gasteiger partial charge in [0.25, 0.3) is 0 Å². The van der Waals surface area contributed by atoms with Crippen LogP contribution in [0.5, 0.6) is 5.75 Å². The van der Waals surface area contributed by atoms with Crippen molar-refractivity contribution in [3.63, 3.8) is 0 Å². The molecule has 1 fully saturated rings. The number of rotatable bonds is 2. The zero-order valence-corrected chi connectivity index (χ0v) is 16.4. The van der Waals surface area contributed by atoms with Gasteiger partial charge in [-0.15, -0.1) is 0 Å². The van der Waals surface area contributed by atoms with E-state index in [1.165, 1.54) is 5.56 Å². The Balaban J connectivity index is 1.70. The Bertz CT molecular complexity index is 874. The zero-order chi connectivity index (χ0) is 19.3. The van der Waals surface area contributed by atoms with Crippen molar-refractivity contribution < 1.29 is 19.4 Å². The van der Waals surface area contributed by atoms with E-state index in [1.54, 1.807) is 12.1 Å². The first-order valence-corrected chi connectivity index (χ1v) is 9.61. The summed E-state index contributed by atoms with van der Waals surface area (Å²) in [7, 11) is 0. The Morgan fingerprint density at radius 2 is 1.89 bits per heavy atom. The van der Waals surface area contributed by atoms with Gasteiger partial charge in [0.15, 0.2) is 0 Å². The fourth-order valence-corrected chi connectivity index (χ4v) is 4.54. The normalized spacial score (nSPS) is 28.6. The SMILES string of the molecule is C[C@@H]1O[C@@H]2c3ccc(C(=O)O)cc3OC(C)(C)[C@H]2C[C@H]1c1ccc(Cl)cc1. The number of benzene rings is 2. The average Bonchev–Trinajstić information content (AvgIpc) is 2.61. The molecule has 27 heavy (non-hydrogen) atoms. The number of carboxylic acids is 1. The van der Waals surface area contributed by atoms with E-state index >= 15 is 0 Å². The number of aromatic carboxylic acids is 1. The van der Waals surface area contributed by atoms with E-state index < -0.39 is 11.6 Å². The number of halogens is 1. The highest BCUT2D eigenvalue weighted by Crippen LogP contribution is 2.53. The van der Waals surface area contributed by atoms with Gasteiger partial charge in [0, 0.05) is 22.4 Å². The van der Waals surface area contributed by atoms with Crippen LogP contribution in [0.3, 0.4) is 0 Å². The Hall–Kier alpha value is -2.04. The van der Waals surface area contributed by atoms with E-state index in [0.29, 0.717) is 5.75 Å². The lowest BCUT2D eigenvalue weighted by atomic mass is 9.70.